The molecule has 1 N–H and O–H groups in total. The number of aromatic nitrogens is 1. The Kier molecular flexibility index (Phi) is 12.7. The SMILES string of the molecule is COc1ncc(S(=O)(=O)N2CCC(CCCC3CCN(c4ccc(S(=O)(=O)N5CCCN(CC(=O)O)CC5)cc4Cl)CC3)CC2)cc1Br. The minimum absolute atomic E-state index is 0.0948. The van der Waals surface area contributed by atoms with Gasteiger partial charge in [-0.3, -0.25) is 9.69 Å². The Balaban J connectivity index is 1.05. The molecule has 3 saturated heterocycles. The molecule has 16 heteroatoms. The predicted octanol–water partition coefficient (Wildman–Crippen LogP) is 4.77. The number of benzene rings is 1. The molecule has 1 aromatic carbocycles. The summed E-state index contributed by atoms with van der Waals surface area (Å²) < 4.78 is 61.7. The maximum atomic E-state index is 13.4. The third kappa shape index (κ3) is 9.01. The summed E-state index contributed by atoms with van der Waals surface area (Å²) in [6.45, 7) is 4.14. The van der Waals surface area contributed by atoms with Crippen molar-refractivity contribution in [3.63, 3.8) is 0 Å². The highest BCUT2D eigenvalue weighted by Crippen LogP contribution is 2.35. The number of sulfonamides is 2. The number of methoxy groups -OCH3 is 1. The highest BCUT2D eigenvalue weighted by atomic mass is 79.9. The van der Waals surface area contributed by atoms with Crippen LogP contribution in [-0.4, -0.2) is 112 Å². The van der Waals surface area contributed by atoms with E-state index in [0.29, 0.717) is 66.4 Å². The smallest absolute Gasteiger partial charge is 0.317 e. The fourth-order valence-electron chi connectivity index (χ4n) is 7.03. The number of pyridine rings is 1. The lowest BCUT2D eigenvalue weighted by atomic mass is 9.87. The van der Waals surface area contributed by atoms with Gasteiger partial charge in [-0.25, -0.2) is 21.8 Å². The molecule has 5 rings (SSSR count). The third-order valence-electron chi connectivity index (χ3n) is 9.83. The van der Waals surface area contributed by atoms with E-state index in [1.165, 1.54) is 17.6 Å². The molecule has 0 atom stereocenters. The summed E-state index contributed by atoms with van der Waals surface area (Å²) in [6, 6.07) is 6.53. The first-order valence-electron chi connectivity index (χ1n) is 16.6. The van der Waals surface area contributed by atoms with Crippen molar-refractivity contribution in [2.75, 3.05) is 70.9 Å². The Morgan fingerprint density at radius 2 is 1.52 bits per heavy atom. The van der Waals surface area contributed by atoms with E-state index < -0.39 is 26.0 Å². The fourth-order valence-corrected chi connectivity index (χ4v) is 11.0. The van der Waals surface area contributed by atoms with Gasteiger partial charge in [0, 0.05) is 52.4 Å². The monoisotopic (exact) mass is 789 g/mol. The van der Waals surface area contributed by atoms with Gasteiger partial charge in [-0.15, -0.1) is 0 Å². The van der Waals surface area contributed by atoms with Crippen LogP contribution in [0.5, 0.6) is 5.88 Å². The van der Waals surface area contributed by atoms with Crippen molar-refractivity contribution in [3.05, 3.63) is 40.0 Å². The highest BCUT2D eigenvalue weighted by Gasteiger charge is 2.31. The van der Waals surface area contributed by atoms with Gasteiger partial charge in [0.1, 0.15) is 4.90 Å². The van der Waals surface area contributed by atoms with Gasteiger partial charge in [-0.1, -0.05) is 30.9 Å². The zero-order valence-corrected chi connectivity index (χ0v) is 31.2. The molecule has 3 aliphatic rings. The summed E-state index contributed by atoms with van der Waals surface area (Å²) >= 11 is 10.00. The maximum absolute atomic E-state index is 13.4. The van der Waals surface area contributed by atoms with E-state index in [1.54, 1.807) is 33.5 Å². The van der Waals surface area contributed by atoms with Gasteiger partial charge in [0.2, 0.25) is 25.9 Å². The van der Waals surface area contributed by atoms with Crippen molar-refractivity contribution in [2.24, 2.45) is 11.8 Å². The van der Waals surface area contributed by atoms with Crippen molar-refractivity contribution >= 4 is 59.2 Å². The van der Waals surface area contributed by atoms with Crippen molar-refractivity contribution in [1.29, 1.82) is 0 Å². The van der Waals surface area contributed by atoms with Gasteiger partial charge in [0.25, 0.3) is 0 Å². The van der Waals surface area contributed by atoms with Crippen LogP contribution in [-0.2, 0) is 24.8 Å². The number of carboxylic acids is 1. The summed E-state index contributed by atoms with van der Waals surface area (Å²) in [4.78, 5) is 19.5. The van der Waals surface area contributed by atoms with Crippen LogP contribution < -0.4 is 9.64 Å². The summed E-state index contributed by atoms with van der Waals surface area (Å²) in [5, 5.41) is 9.50. The van der Waals surface area contributed by atoms with Crippen LogP contribution in [0.4, 0.5) is 5.69 Å². The first-order valence-corrected chi connectivity index (χ1v) is 20.6. The van der Waals surface area contributed by atoms with Crippen LogP contribution >= 0.6 is 27.5 Å². The Morgan fingerprint density at radius 1 is 0.896 bits per heavy atom. The van der Waals surface area contributed by atoms with E-state index in [2.05, 4.69) is 25.8 Å². The van der Waals surface area contributed by atoms with E-state index in [-0.39, 0.29) is 22.9 Å². The first-order chi connectivity index (χ1) is 22.9. The van der Waals surface area contributed by atoms with Gasteiger partial charge in [0.05, 0.1) is 39.9 Å². The van der Waals surface area contributed by atoms with Crippen LogP contribution in [0.25, 0.3) is 0 Å². The highest BCUT2D eigenvalue weighted by molar-refractivity contribution is 9.10. The average molecular weight is 791 g/mol. The molecule has 0 unspecified atom stereocenters. The summed E-state index contributed by atoms with van der Waals surface area (Å²) in [5.74, 6) is 0.567. The minimum atomic E-state index is -3.75. The molecule has 48 heavy (non-hydrogen) atoms. The molecule has 0 bridgehead atoms. The molecule has 3 fully saturated rings. The van der Waals surface area contributed by atoms with Gasteiger partial charge in [-0.2, -0.15) is 8.61 Å². The molecular weight excluding hydrogens is 746 g/mol. The van der Waals surface area contributed by atoms with E-state index >= 15 is 0 Å². The van der Waals surface area contributed by atoms with E-state index in [0.717, 1.165) is 63.7 Å². The number of halogens is 2. The second kappa shape index (κ2) is 16.3. The minimum Gasteiger partial charge on any atom is -0.480 e. The molecule has 2 aromatic rings. The summed E-state index contributed by atoms with van der Waals surface area (Å²) in [7, 11) is -5.86. The lowest BCUT2D eigenvalue weighted by Crippen LogP contribution is -2.38. The number of hydrogen-bond acceptors (Lipinski definition) is 9. The molecule has 12 nitrogen and oxygen atoms in total. The summed E-state index contributed by atoms with van der Waals surface area (Å²) in [5.41, 5.74) is 0.844. The Hall–Kier alpha value is -2.01. The average Bonchev–Trinajstić information content (AvgIpc) is 3.31. The van der Waals surface area contributed by atoms with Crippen LogP contribution in [0.3, 0.4) is 0 Å². The topological polar surface area (TPSA) is 141 Å². The second-order valence-corrected chi connectivity index (χ2v) is 18.0. The van der Waals surface area contributed by atoms with Crippen LogP contribution in [0, 0.1) is 11.8 Å². The maximum Gasteiger partial charge on any atom is 0.317 e. The van der Waals surface area contributed by atoms with Crippen LogP contribution in [0.15, 0.2) is 44.7 Å². The Morgan fingerprint density at radius 3 is 2.12 bits per heavy atom. The zero-order valence-electron chi connectivity index (χ0n) is 27.3. The Labute approximate surface area is 297 Å². The number of nitrogens with zero attached hydrogens (tertiary/aromatic N) is 5. The lowest BCUT2D eigenvalue weighted by molar-refractivity contribution is -0.138. The van der Waals surface area contributed by atoms with Crippen LogP contribution in [0.1, 0.15) is 51.4 Å². The van der Waals surface area contributed by atoms with Gasteiger partial charge < -0.3 is 14.7 Å². The third-order valence-corrected chi connectivity index (χ3v) is 14.5. The molecule has 0 amide bonds. The molecular formula is C32H45BrClN5O7S2. The van der Waals surface area contributed by atoms with Gasteiger partial charge in [-0.05, 0) is 84.1 Å². The van der Waals surface area contributed by atoms with Crippen molar-refractivity contribution in [1.82, 2.24) is 18.5 Å². The van der Waals surface area contributed by atoms with E-state index in [1.807, 2.05) is 0 Å². The number of carbonyl (C=O) groups is 1. The number of hydrogen-bond donors (Lipinski definition) is 1. The van der Waals surface area contributed by atoms with Crippen molar-refractivity contribution in [3.8, 4) is 5.88 Å². The molecule has 0 saturated carbocycles. The van der Waals surface area contributed by atoms with E-state index in [9.17, 15) is 21.6 Å². The summed E-state index contributed by atoms with van der Waals surface area (Å²) in [6.07, 6.45) is 9.07. The molecule has 0 radical (unpaired) electrons. The van der Waals surface area contributed by atoms with Crippen LogP contribution in [0.2, 0.25) is 5.02 Å². The molecule has 4 heterocycles. The first kappa shape index (κ1) is 37.3. The molecule has 0 spiro atoms. The standard InChI is InChI=1S/C32H45BrClN5O7S2/c1-46-32-28(33)20-27(22-35-32)48(44,45)39-16-10-25(11-17-39)5-2-4-24-8-14-37(15-9-24)30-7-6-26(21-29(30)34)47(42,43)38-13-3-12-36(18-19-38)23-31(40)41/h6-7,20-22,24-25H,2-5,8-19,23H2,1H3,(H,40,41). The van der Waals surface area contributed by atoms with Gasteiger partial charge >= 0.3 is 5.97 Å². The number of ether oxygens (including phenoxy) is 1. The lowest BCUT2D eigenvalue weighted by Gasteiger charge is -2.35. The zero-order chi connectivity index (χ0) is 34.5. The molecule has 3 aliphatic heterocycles. The van der Waals surface area contributed by atoms with Gasteiger partial charge in [0.15, 0.2) is 0 Å². The molecule has 266 valence electrons. The van der Waals surface area contributed by atoms with E-state index in [4.69, 9.17) is 21.4 Å². The number of aliphatic carboxylic acids is 1. The van der Waals surface area contributed by atoms with Crippen molar-refractivity contribution < 1.29 is 31.5 Å². The van der Waals surface area contributed by atoms with Crippen molar-refractivity contribution in [2.45, 2.75) is 61.2 Å². The number of rotatable bonds is 12. The second-order valence-electron chi connectivity index (χ2n) is 12.9. The molecule has 0 aliphatic carbocycles. The number of anilines is 1. The number of piperidine rings is 2. The Bertz CT molecular complexity index is 1650. The normalized spacial score (nSPS) is 20.1. The largest absolute Gasteiger partial charge is 0.480 e. The predicted molar refractivity (Wildman–Crippen MR) is 188 cm³/mol. The molecule has 1 aromatic heterocycles. The fraction of sp³-hybridized carbons (Fsp3) is 0.625. The number of carboxylic acid groups (broad SMARTS) is 1. The quantitative estimate of drug-likeness (QED) is 0.320.